The molecule has 3 rings (SSSR count). The summed E-state index contributed by atoms with van der Waals surface area (Å²) in [6.45, 7) is 5.85. The lowest BCUT2D eigenvalue weighted by molar-refractivity contribution is -0.146. The number of ether oxygens (including phenoxy) is 2. The molecule has 2 heterocycles. The van der Waals surface area contributed by atoms with Crippen molar-refractivity contribution in [2.24, 2.45) is 0 Å². The summed E-state index contributed by atoms with van der Waals surface area (Å²) in [5, 5.41) is 2.80. The molecule has 1 aromatic carbocycles. The SMILES string of the molecule is CCOc1ccccc1-c1nc(CN2CCNC(=O)[C@H]2CC(=O)OC)c(C)o1. The largest absolute Gasteiger partial charge is 0.493 e. The number of piperazine rings is 1. The Morgan fingerprint density at radius 2 is 2.18 bits per heavy atom. The Labute approximate surface area is 163 Å². The van der Waals surface area contributed by atoms with Gasteiger partial charge in [-0.05, 0) is 26.0 Å². The highest BCUT2D eigenvalue weighted by Crippen LogP contribution is 2.31. The number of oxazole rings is 1. The predicted molar refractivity (Wildman–Crippen MR) is 102 cm³/mol. The number of hydrogen-bond donors (Lipinski definition) is 1. The number of nitrogens with one attached hydrogen (secondary N) is 1. The summed E-state index contributed by atoms with van der Waals surface area (Å²) in [6.07, 6.45) is -0.000731. The molecule has 28 heavy (non-hydrogen) atoms. The van der Waals surface area contributed by atoms with Crippen molar-refractivity contribution in [3.8, 4) is 17.2 Å². The molecule has 8 nitrogen and oxygen atoms in total. The monoisotopic (exact) mass is 387 g/mol. The molecule has 1 aliphatic heterocycles. The van der Waals surface area contributed by atoms with Gasteiger partial charge in [0.1, 0.15) is 17.6 Å². The molecule has 0 unspecified atom stereocenters. The summed E-state index contributed by atoms with van der Waals surface area (Å²) < 4.78 is 16.3. The number of methoxy groups -OCH3 is 1. The smallest absolute Gasteiger partial charge is 0.307 e. The molecule has 2 aromatic rings. The number of aromatic nitrogens is 1. The van der Waals surface area contributed by atoms with Gasteiger partial charge in [-0.3, -0.25) is 14.5 Å². The third-order valence-corrected chi connectivity index (χ3v) is 4.69. The van der Waals surface area contributed by atoms with Crippen LogP contribution in [0.2, 0.25) is 0 Å². The highest BCUT2D eigenvalue weighted by atomic mass is 16.5. The van der Waals surface area contributed by atoms with Crippen LogP contribution in [0.1, 0.15) is 24.8 Å². The van der Waals surface area contributed by atoms with Crippen molar-refractivity contribution in [1.82, 2.24) is 15.2 Å². The molecule has 1 saturated heterocycles. The van der Waals surface area contributed by atoms with Crippen LogP contribution in [0.5, 0.6) is 5.75 Å². The van der Waals surface area contributed by atoms with Gasteiger partial charge >= 0.3 is 5.97 Å². The Morgan fingerprint density at radius 3 is 2.93 bits per heavy atom. The highest BCUT2D eigenvalue weighted by molar-refractivity contribution is 5.87. The van der Waals surface area contributed by atoms with Crippen LogP contribution >= 0.6 is 0 Å². The predicted octanol–water partition coefficient (Wildman–Crippen LogP) is 1.91. The lowest BCUT2D eigenvalue weighted by Crippen LogP contribution is -2.55. The first kappa shape index (κ1) is 19.9. The molecule has 0 spiro atoms. The van der Waals surface area contributed by atoms with Crippen molar-refractivity contribution in [3.63, 3.8) is 0 Å². The average molecular weight is 387 g/mol. The Balaban J connectivity index is 1.83. The topological polar surface area (TPSA) is 93.9 Å². The van der Waals surface area contributed by atoms with Crippen LogP contribution in [-0.4, -0.2) is 54.6 Å². The number of carbonyl (C=O) groups excluding carboxylic acids is 2. The summed E-state index contributed by atoms with van der Waals surface area (Å²) in [7, 11) is 1.32. The minimum absolute atomic E-state index is 0.000731. The van der Waals surface area contributed by atoms with E-state index in [0.29, 0.717) is 43.6 Å². The second-order valence-corrected chi connectivity index (χ2v) is 6.51. The zero-order valence-corrected chi connectivity index (χ0v) is 16.4. The fourth-order valence-corrected chi connectivity index (χ4v) is 3.22. The lowest BCUT2D eigenvalue weighted by Gasteiger charge is -2.33. The molecule has 1 atom stereocenters. The summed E-state index contributed by atoms with van der Waals surface area (Å²) in [6, 6.07) is 6.98. The van der Waals surface area contributed by atoms with Crippen LogP contribution in [0, 0.1) is 6.92 Å². The van der Waals surface area contributed by atoms with Gasteiger partial charge in [-0.2, -0.15) is 0 Å². The van der Waals surface area contributed by atoms with Crippen LogP contribution in [0.4, 0.5) is 0 Å². The summed E-state index contributed by atoms with van der Waals surface area (Å²) >= 11 is 0. The van der Waals surface area contributed by atoms with Crippen LogP contribution < -0.4 is 10.1 Å². The second-order valence-electron chi connectivity index (χ2n) is 6.51. The van der Waals surface area contributed by atoms with Gasteiger partial charge in [-0.25, -0.2) is 4.98 Å². The maximum atomic E-state index is 12.3. The van der Waals surface area contributed by atoms with Crippen molar-refractivity contribution in [3.05, 3.63) is 35.7 Å². The van der Waals surface area contributed by atoms with E-state index in [4.69, 9.17) is 13.9 Å². The number of carbonyl (C=O) groups is 2. The Hall–Kier alpha value is -2.87. The summed E-state index contributed by atoms with van der Waals surface area (Å²) in [4.78, 5) is 30.5. The van der Waals surface area contributed by atoms with Gasteiger partial charge in [0, 0.05) is 19.6 Å². The zero-order chi connectivity index (χ0) is 20.1. The van der Waals surface area contributed by atoms with Crippen LogP contribution in [-0.2, 0) is 20.9 Å². The Morgan fingerprint density at radius 1 is 1.39 bits per heavy atom. The standard InChI is InChI=1S/C20H25N3O5/c1-4-27-17-8-6-5-7-14(17)20-22-15(13(2)28-20)12-23-10-9-21-19(25)16(23)11-18(24)26-3/h5-8,16H,4,9-12H2,1-3H3,(H,21,25)/t16-/m1/s1. The fourth-order valence-electron chi connectivity index (χ4n) is 3.22. The van der Waals surface area contributed by atoms with Crippen molar-refractivity contribution < 1.29 is 23.5 Å². The number of rotatable bonds is 7. The van der Waals surface area contributed by atoms with E-state index >= 15 is 0 Å². The molecule has 1 N–H and O–H groups in total. The van der Waals surface area contributed by atoms with Gasteiger partial charge in [0.2, 0.25) is 11.8 Å². The molecular weight excluding hydrogens is 362 g/mol. The molecule has 150 valence electrons. The molecule has 8 heteroatoms. The van der Waals surface area contributed by atoms with E-state index in [0.717, 1.165) is 11.3 Å². The molecule has 0 radical (unpaired) electrons. The minimum Gasteiger partial charge on any atom is -0.493 e. The number of nitrogens with zero attached hydrogens (tertiary/aromatic N) is 2. The lowest BCUT2D eigenvalue weighted by atomic mass is 10.1. The molecule has 1 aliphatic rings. The van der Waals surface area contributed by atoms with Gasteiger partial charge in [0.25, 0.3) is 0 Å². The molecule has 0 saturated carbocycles. The molecule has 1 amide bonds. The molecule has 0 bridgehead atoms. The number of aryl methyl sites for hydroxylation is 1. The maximum absolute atomic E-state index is 12.3. The van der Waals surface area contributed by atoms with E-state index in [2.05, 4.69) is 10.3 Å². The molecular formula is C20H25N3O5. The molecule has 1 fully saturated rings. The third-order valence-electron chi connectivity index (χ3n) is 4.69. The Kier molecular flexibility index (Phi) is 6.30. The third kappa shape index (κ3) is 4.33. The maximum Gasteiger partial charge on any atom is 0.307 e. The number of para-hydroxylation sites is 1. The minimum atomic E-state index is -0.587. The van der Waals surface area contributed by atoms with E-state index in [-0.39, 0.29) is 12.3 Å². The number of benzene rings is 1. The van der Waals surface area contributed by atoms with Gasteiger partial charge in [-0.1, -0.05) is 12.1 Å². The Bertz CT molecular complexity index is 848. The van der Waals surface area contributed by atoms with Gasteiger partial charge < -0.3 is 19.2 Å². The van der Waals surface area contributed by atoms with Crippen molar-refractivity contribution in [2.45, 2.75) is 32.9 Å². The van der Waals surface area contributed by atoms with Crippen molar-refractivity contribution in [1.29, 1.82) is 0 Å². The van der Waals surface area contributed by atoms with E-state index < -0.39 is 12.0 Å². The highest BCUT2D eigenvalue weighted by Gasteiger charge is 2.33. The van der Waals surface area contributed by atoms with Crippen LogP contribution in [0.25, 0.3) is 11.5 Å². The van der Waals surface area contributed by atoms with Gasteiger partial charge in [0.05, 0.1) is 31.4 Å². The first-order chi connectivity index (χ1) is 13.5. The average Bonchev–Trinajstić information content (AvgIpc) is 3.05. The zero-order valence-electron chi connectivity index (χ0n) is 16.4. The number of hydrogen-bond acceptors (Lipinski definition) is 7. The van der Waals surface area contributed by atoms with Gasteiger partial charge in [0.15, 0.2) is 0 Å². The van der Waals surface area contributed by atoms with E-state index in [9.17, 15) is 9.59 Å². The van der Waals surface area contributed by atoms with E-state index in [1.54, 1.807) is 0 Å². The first-order valence-corrected chi connectivity index (χ1v) is 9.30. The first-order valence-electron chi connectivity index (χ1n) is 9.30. The normalized spacial score (nSPS) is 17.2. The van der Waals surface area contributed by atoms with Crippen LogP contribution in [0.3, 0.4) is 0 Å². The summed E-state index contributed by atoms with van der Waals surface area (Å²) in [5.41, 5.74) is 1.51. The van der Waals surface area contributed by atoms with Crippen LogP contribution in [0.15, 0.2) is 28.7 Å². The van der Waals surface area contributed by atoms with Gasteiger partial charge in [-0.15, -0.1) is 0 Å². The number of esters is 1. The summed E-state index contributed by atoms with van der Waals surface area (Å²) in [5.74, 6) is 1.25. The molecule has 0 aliphatic carbocycles. The fraction of sp³-hybridized carbons (Fsp3) is 0.450. The van der Waals surface area contributed by atoms with E-state index in [1.807, 2.05) is 43.0 Å². The van der Waals surface area contributed by atoms with Crippen molar-refractivity contribution >= 4 is 11.9 Å². The number of amides is 1. The molecule has 1 aromatic heterocycles. The van der Waals surface area contributed by atoms with Crippen molar-refractivity contribution in [2.75, 3.05) is 26.8 Å². The quantitative estimate of drug-likeness (QED) is 0.725. The second kappa shape index (κ2) is 8.88. The van der Waals surface area contributed by atoms with E-state index in [1.165, 1.54) is 7.11 Å².